The molecule has 1 aliphatic rings. The second-order valence-corrected chi connectivity index (χ2v) is 9.95. The van der Waals surface area contributed by atoms with Gasteiger partial charge in [-0.05, 0) is 70.9 Å². The van der Waals surface area contributed by atoms with E-state index in [-0.39, 0.29) is 52.5 Å². The van der Waals surface area contributed by atoms with Crippen molar-refractivity contribution in [2.75, 3.05) is 33.0 Å². The fourth-order valence-electron chi connectivity index (χ4n) is 5.20. The molecule has 1 saturated heterocycles. The van der Waals surface area contributed by atoms with Gasteiger partial charge in [0.15, 0.2) is 17.0 Å². The minimum Gasteiger partial charge on any atom is -0.490 e. The molecule has 0 N–H and O–H groups in total. The smallest absolute Gasteiger partial charge is 0.341 e. The van der Waals surface area contributed by atoms with Gasteiger partial charge in [0.2, 0.25) is 5.75 Å². The third kappa shape index (κ3) is 6.16. The maximum absolute atomic E-state index is 13.9. The quantitative estimate of drug-likeness (QED) is 0.184. The molecule has 1 amide bonds. The molecule has 1 unspecified atom stereocenters. The Kier molecular flexibility index (Phi) is 9.59. The number of ether oxygens (including phenoxy) is 5. The van der Waals surface area contributed by atoms with E-state index >= 15 is 0 Å². The van der Waals surface area contributed by atoms with Crippen LogP contribution >= 0.6 is 0 Å². The van der Waals surface area contributed by atoms with Crippen LogP contribution in [0.4, 0.5) is 0 Å². The Balaban J connectivity index is 1.81. The minimum atomic E-state index is -0.726. The van der Waals surface area contributed by atoms with Crippen LogP contribution < -0.4 is 25.3 Å². The van der Waals surface area contributed by atoms with Gasteiger partial charge in [-0.25, -0.2) is 9.78 Å². The highest BCUT2D eigenvalue weighted by molar-refractivity contribution is 5.98. The molecule has 232 valence electrons. The molecular weight excluding hydrogens is 568 g/mol. The SMILES string of the molecule is CCOC(=O)c1cc2c(=O)n3ccccc3nc2n(CC2CCCO2)c1=NC(=O)c1cc(OCC)c(OCC)c(OCC)c1. The van der Waals surface area contributed by atoms with Crippen LogP contribution in [0.25, 0.3) is 16.7 Å². The van der Waals surface area contributed by atoms with Gasteiger partial charge in [0, 0.05) is 18.4 Å². The molecule has 0 spiro atoms. The summed E-state index contributed by atoms with van der Waals surface area (Å²) in [4.78, 5) is 50.2. The van der Waals surface area contributed by atoms with Crippen LogP contribution in [0.2, 0.25) is 0 Å². The number of carbonyl (C=O) groups excluding carboxylic acids is 2. The number of benzene rings is 1. The fourth-order valence-corrected chi connectivity index (χ4v) is 5.20. The number of carbonyl (C=O) groups is 2. The van der Waals surface area contributed by atoms with E-state index in [9.17, 15) is 14.4 Å². The molecule has 44 heavy (non-hydrogen) atoms. The third-order valence-electron chi connectivity index (χ3n) is 7.06. The van der Waals surface area contributed by atoms with Gasteiger partial charge in [-0.15, -0.1) is 0 Å². The number of hydrogen-bond donors (Lipinski definition) is 0. The molecule has 0 saturated carbocycles. The van der Waals surface area contributed by atoms with Crippen molar-refractivity contribution in [3.8, 4) is 17.2 Å². The van der Waals surface area contributed by atoms with Gasteiger partial charge in [-0.1, -0.05) is 6.07 Å². The highest BCUT2D eigenvalue weighted by Gasteiger charge is 2.25. The molecular formula is C32H36N4O8. The van der Waals surface area contributed by atoms with E-state index in [1.807, 2.05) is 20.8 Å². The number of nitrogens with zero attached hydrogens (tertiary/aromatic N) is 4. The Bertz CT molecular complexity index is 1790. The van der Waals surface area contributed by atoms with Gasteiger partial charge in [0.05, 0.1) is 44.5 Å². The Hall–Kier alpha value is -4.71. The fraction of sp³-hybridized carbons (Fsp3) is 0.406. The molecule has 4 aromatic rings. The molecule has 0 radical (unpaired) electrons. The molecule has 1 fully saturated rings. The molecule has 1 aromatic carbocycles. The Morgan fingerprint density at radius 1 is 1.00 bits per heavy atom. The van der Waals surface area contributed by atoms with Crippen LogP contribution in [0.1, 0.15) is 61.3 Å². The van der Waals surface area contributed by atoms with Gasteiger partial charge in [0.1, 0.15) is 16.9 Å². The predicted molar refractivity (Wildman–Crippen MR) is 162 cm³/mol. The van der Waals surface area contributed by atoms with Gasteiger partial charge in [0.25, 0.3) is 11.5 Å². The van der Waals surface area contributed by atoms with Gasteiger partial charge < -0.3 is 28.3 Å². The average Bonchev–Trinajstić information content (AvgIpc) is 3.53. The lowest BCUT2D eigenvalue weighted by Crippen LogP contribution is -2.35. The number of amides is 1. The highest BCUT2D eigenvalue weighted by Crippen LogP contribution is 2.39. The zero-order valence-electron chi connectivity index (χ0n) is 25.3. The van der Waals surface area contributed by atoms with E-state index in [1.165, 1.54) is 22.6 Å². The summed E-state index contributed by atoms with van der Waals surface area (Å²) in [7, 11) is 0. The van der Waals surface area contributed by atoms with Gasteiger partial charge in [-0.3, -0.25) is 14.0 Å². The monoisotopic (exact) mass is 604 g/mol. The van der Waals surface area contributed by atoms with Crippen LogP contribution in [-0.4, -0.2) is 65.0 Å². The molecule has 1 atom stereocenters. The summed E-state index contributed by atoms with van der Waals surface area (Å²) in [5.41, 5.74) is 0.430. The lowest BCUT2D eigenvalue weighted by atomic mass is 10.1. The first-order valence-corrected chi connectivity index (χ1v) is 14.9. The summed E-state index contributed by atoms with van der Waals surface area (Å²) in [5, 5.41) is 0.180. The first kappa shape index (κ1) is 30.7. The molecule has 3 aromatic heterocycles. The number of fused-ring (bicyclic) bond motifs is 2. The normalized spacial score (nSPS) is 15.1. The number of rotatable bonds is 11. The molecule has 0 bridgehead atoms. The number of aromatic nitrogens is 3. The number of pyridine rings is 2. The second kappa shape index (κ2) is 13.7. The van der Waals surface area contributed by atoms with Crippen LogP contribution in [0.3, 0.4) is 0 Å². The lowest BCUT2D eigenvalue weighted by Gasteiger charge is -2.18. The topological polar surface area (TPSA) is 132 Å². The minimum absolute atomic E-state index is 0.00781. The van der Waals surface area contributed by atoms with Crippen molar-refractivity contribution in [3.63, 3.8) is 0 Å². The Morgan fingerprint density at radius 3 is 2.36 bits per heavy atom. The van der Waals surface area contributed by atoms with Crippen LogP contribution in [0.15, 0.2) is 52.4 Å². The maximum Gasteiger partial charge on any atom is 0.341 e. The summed E-state index contributed by atoms with van der Waals surface area (Å²) in [6.45, 7) is 9.06. The molecule has 12 heteroatoms. The van der Waals surface area contributed by atoms with E-state index in [2.05, 4.69) is 4.99 Å². The zero-order valence-corrected chi connectivity index (χ0v) is 25.3. The average molecular weight is 605 g/mol. The summed E-state index contributed by atoms with van der Waals surface area (Å²) < 4.78 is 31.7. The van der Waals surface area contributed by atoms with E-state index in [1.54, 1.807) is 35.9 Å². The highest BCUT2D eigenvalue weighted by atomic mass is 16.5. The van der Waals surface area contributed by atoms with E-state index in [0.717, 1.165) is 12.8 Å². The van der Waals surface area contributed by atoms with Crippen molar-refractivity contribution in [2.24, 2.45) is 4.99 Å². The van der Waals surface area contributed by atoms with Crippen molar-refractivity contribution in [1.29, 1.82) is 0 Å². The van der Waals surface area contributed by atoms with Gasteiger partial charge in [-0.2, -0.15) is 4.99 Å². The Labute approximate surface area is 253 Å². The van der Waals surface area contributed by atoms with Crippen molar-refractivity contribution in [2.45, 2.75) is 53.2 Å². The van der Waals surface area contributed by atoms with Crippen molar-refractivity contribution in [1.82, 2.24) is 14.0 Å². The number of hydrogen-bond acceptors (Lipinski definition) is 9. The standard InChI is InChI=1S/C32H36N4O8/c1-5-40-24-16-20(17-25(41-6-2)27(24)42-7-3)30(37)34-29-23(32(39)43-8-4)18-22-28(36(29)19-21-12-11-15-44-21)33-26-13-9-10-14-35(26)31(22)38/h9-10,13-14,16-18,21H,5-8,11-12,15,19H2,1-4H3. The van der Waals surface area contributed by atoms with E-state index < -0.39 is 11.9 Å². The Morgan fingerprint density at radius 2 is 1.73 bits per heavy atom. The summed E-state index contributed by atoms with van der Waals surface area (Å²) in [5.74, 6) is -0.349. The third-order valence-corrected chi connectivity index (χ3v) is 7.06. The molecule has 1 aliphatic heterocycles. The van der Waals surface area contributed by atoms with Crippen LogP contribution in [0.5, 0.6) is 17.2 Å². The first-order valence-electron chi connectivity index (χ1n) is 14.9. The van der Waals surface area contributed by atoms with Crippen molar-refractivity contribution >= 4 is 28.6 Å². The lowest BCUT2D eigenvalue weighted by molar-refractivity contribution is 0.0521. The number of esters is 1. The molecule has 4 heterocycles. The summed E-state index contributed by atoms with van der Waals surface area (Å²) in [6, 6.07) is 9.68. The van der Waals surface area contributed by atoms with Crippen LogP contribution in [0, 0.1) is 0 Å². The van der Waals surface area contributed by atoms with E-state index in [0.29, 0.717) is 49.3 Å². The molecule has 5 rings (SSSR count). The second-order valence-electron chi connectivity index (χ2n) is 9.95. The predicted octanol–water partition coefficient (Wildman–Crippen LogP) is 3.94. The van der Waals surface area contributed by atoms with Crippen molar-refractivity contribution < 1.29 is 33.3 Å². The first-order chi connectivity index (χ1) is 21.4. The summed E-state index contributed by atoms with van der Waals surface area (Å²) in [6.07, 6.45) is 2.99. The molecule has 12 nitrogen and oxygen atoms in total. The zero-order chi connectivity index (χ0) is 31.2. The largest absolute Gasteiger partial charge is 0.490 e. The van der Waals surface area contributed by atoms with E-state index in [4.69, 9.17) is 28.7 Å². The van der Waals surface area contributed by atoms with Crippen LogP contribution in [-0.2, 0) is 16.0 Å². The maximum atomic E-state index is 13.9. The summed E-state index contributed by atoms with van der Waals surface area (Å²) >= 11 is 0. The molecule has 0 aliphatic carbocycles. The van der Waals surface area contributed by atoms with Gasteiger partial charge >= 0.3 is 5.97 Å². The van der Waals surface area contributed by atoms with Crippen molar-refractivity contribution in [3.05, 3.63) is 69.6 Å².